The Labute approximate surface area is 207 Å². The molecular weight excluding hydrogens is 436 g/mol. The highest BCUT2D eigenvalue weighted by molar-refractivity contribution is 5.79. The maximum absolute atomic E-state index is 12.2. The third kappa shape index (κ3) is 4.92. The average molecular weight is 473 g/mol. The number of carbonyl (C=O) groups excluding carboxylic acids is 1. The zero-order valence-electron chi connectivity index (χ0n) is 20.5. The Morgan fingerprint density at radius 2 is 1.86 bits per heavy atom. The zero-order valence-corrected chi connectivity index (χ0v) is 20.5. The van der Waals surface area contributed by atoms with Crippen LogP contribution in [-0.4, -0.2) is 64.4 Å². The SMILES string of the molecule is O=C(CCCCCN1CCN(c2ccn3c(n2)nc2ccccc23)CC1)NCC1CC2C=CC1C2. The zero-order chi connectivity index (χ0) is 23.6. The molecule has 1 aliphatic heterocycles. The number of imidazole rings is 1. The van der Waals surface area contributed by atoms with Crippen molar-refractivity contribution in [3.8, 4) is 0 Å². The first-order chi connectivity index (χ1) is 17.2. The Kier molecular flexibility index (Phi) is 6.42. The quantitative estimate of drug-likeness (QED) is 0.378. The van der Waals surface area contributed by atoms with Gasteiger partial charge in [-0.3, -0.25) is 14.1 Å². The number of rotatable bonds is 9. The van der Waals surface area contributed by atoms with Gasteiger partial charge in [0.2, 0.25) is 11.7 Å². The van der Waals surface area contributed by atoms with Crippen LogP contribution in [0.2, 0.25) is 0 Å². The molecule has 2 bridgehead atoms. The van der Waals surface area contributed by atoms with Crippen LogP contribution < -0.4 is 10.2 Å². The summed E-state index contributed by atoms with van der Waals surface area (Å²) < 4.78 is 2.06. The lowest BCUT2D eigenvalue weighted by molar-refractivity contribution is -0.121. The average Bonchev–Trinajstić information content (AvgIpc) is 3.61. The minimum absolute atomic E-state index is 0.236. The van der Waals surface area contributed by atoms with Crippen molar-refractivity contribution in [3.63, 3.8) is 0 Å². The lowest BCUT2D eigenvalue weighted by Gasteiger charge is -2.35. The first kappa shape index (κ1) is 22.5. The second kappa shape index (κ2) is 9.97. The molecule has 2 aromatic heterocycles. The maximum atomic E-state index is 12.2. The van der Waals surface area contributed by atoms with E-state index >= 15 is 0 Å². The molecular formula is C28H36N6O. The fraction of sp³-hybridized carbons (Fsp3) is 0.536. The first-order valence-corrected chi connectivity index (χ1v) is 13.4. The topological polar surface area (TPSA) is 65.8 Å². The van der Waals surface area contributed by atoms with Crippen LogP contribution in [0.15, 0.2) is 48.7 Å². The van der Waals surface area contributed by atoms with Crippen LogP contribution in [0.25, 0.3) is 16.8 Å². The monoisotopic (exact) mass is 472 g/mol. The number of fused-ring (bicyclic) bond motifs is 5. The van der Waals surface area contributed by atoms with Crippen LogP contribution in [0, 0.1) is 17.8 Å². The van der Waals surface area contributed by atoms with E-state index in [0.29, 0.717) is 18.3 Å². The Morgan fingerprint density at radius 1 is 0.971 bits per heavy atom. The predicted molar refractivity (Wildman–Crippen MR) is 139 cm³/mol. The molecule has 1 saturated carbocycles. The van der Waals surface area contributed by atoms with E-state index in [0.717, 1.165) is 87.1 Å². The molecule has 1 amide bonds. The largest absolute Gasteiger partial charge is 0.356 e. The van der Waals surface area contributed by atoms with Gasteiger partial charge in [0.05, 0.1) is 11.0 Å². The molecule has 7 heteroatoms. The number of piperazine rings is 1. The summed E-state index contributed by atoms with van der Waals surface area (Å²) in [4.78, 5) is 26.6. The summed E-state index contributed by atoms with van der Waals surface area (Å²) in [7, 11) is 0. The summed E-state index contributed by atoms with van der Waals surface area (Å²) in [5, 5.41) is 3.19. The molecule has 3 aliphatic rings. The number of carbonyl (C=O) groups is 1. The summed E-state index contributed by atoms with van der Waals surface area (Å²) in [5.41, 5.74) is 2.08. The molecule has 3 atom stereocenters. The van der Waals surface area contributed by atoms with E-state index in [-0.39, 0.29) is 5.91 Å². The molecule has 1 saturated heterocycles. The second-order valence-electron chi connectivity index (χ2n) is 10.5. The number of unbranched alkanes of at least 4 members (excludes halogenated alkanes) is 2. The van der Waals surface area contributed by atoms with Gasteiger partial charge in [-0.25, -0.2) is 4.98 Å². The summed E-state index contributed by atoms with van der Waals surface area (Å²) >= 11 is 0. The van der Waals surface area contributed by atoms with Gasteiger partial charge in [-0.05, 0) is 68.2 Å². The highest BCUT2D eigenvalue weighted by Crippen LogP contribution is 2.42. The van der Waals surface area contributed by atoms with Crippen molar-refractivity contribution >= 4 is 28.5 Å². The van der Waals surface area contributed by atoms with Crippen molar-refractivity contribution in [2.45, 2.75) is 38.5 Å². The van der Waals surface area contributed by atoms with Gasteiger partial charge in [-0.2, -0.15) is 4.98 Å². The molecule has 0 spiro atoms. The highest BCUT2D eigenvalue weighted by Gasteiger charge is 2.35. The molecule has 2 fully saturated rings. The summed E-state index contributed by atoms with van der Waals surface area (Å²) in [6.45, 7) is 6.08. The Morgan fingerprint density at radius 3 is 2.69 bits per heavy atom. The Balaban J connectivity index is 0.885. The summed E-state index contributed by atoms with van der Waals surface area (Å²) in [6, 6.07) is 10.3. The molecule has 7 nitrogen and oxygen atoms in total. The third-order valence-corrected chi connectivity index (χ3v) is 8.22. The third-order valence-electron chi connectivity index (χ3n) is 8.22. The first-order valence-electron chi connectivity index (χ1n) is 13.4. The van der Waals surface area contributed by atoms with Gasteiger partial charge in [-0.15, -0.1) is 0 Å². The van der Waals surface area contributed by atoms with Gasteiger partial charge in [0.25, 0.3) is 0 Å². The second-order valence-corrected chi connectivity index (χ2v) is 10.5. The minimum atomic E-state index is 0.236. The Hall–Kier alpha value is -2.93. The maximum Gasteiger partial charge on any atom is 0.236 e. The summed E-state index contributed by atoms with van der Waals surface area (Å²) in [5.74, 6) is 4.18. The van der Waals surface area contributed by atoms with E-state index < -0.39 is 0 Å². The van der Waals surface area contributed by atoms with Crippen molar-refractivity contribution in [1.29, 1.82) is 0 Å². The van der Waals surface area contributed by atoms with Crippen molar-refractivity contribution in [2.24, 2.45) is 17.8 Å². The fourth-order valence-electron chi connectivity index (χ4n) is 6.18. The highest BCUT2D eigenvalue weighted by atomic mass is 16.1. The van der Waals surface area contributed by atoms with Crippen molar-refractivity contribution in [2.75, 3.05) is 44.2 Å². The van der Waals surface area contributed by atoms with E-state index in [9.17, 15) is 4.79 Å². The minimum Gasteiger partial charge on any atom is -0.356 e. The molecule has 6 rings (SSSR count). The number of allylic oxidation sites excluding steroid dienone is 2. The molecule has 3 heterocycles. The van der Waals surface area contributed by atoms with Gasteiger partial charge in [0.15, 0.2) is 0 Å². The van der Waals surface area contributed by atoms with Crippen LogP contribution in [0.3, 0.4) is 0 Å². The number of hydrogen-bond donors (Lipinski definition) is 1. The van der Waals surface area contributed by atoms with E-state index in [1.165, 1.54) is 12.8 Å². The van der Waals surface area contributed by atoms with Gasteiger partial charge >= 0.3 is 0 Å². The van der Waals surface area contributed by atoms with Crippen LogP contribution in [-0.2, 0) is 4.79 Å². The lowest BCUT2D eigenvalue weighted by Crippen LogP contribution is -2.46. The smallest absolute Gasteiger partial charge is 0.236 e. The number of amides is 1. The number of aromatic nitrogens is 3. The molecule has 0 radical (unpaired) electrons. The number of para-hydroxylation sites is 2. The number of anilines is 1. The van der Waals surface area contributed by atoms with Gasteiger partial charge in [-0.1, -0.05) is 30.7 Å². The van der Waals surface area contributed by atoms with Crippen LogP contribution in [0.1, 0.15) is 38.5 Å². The van der Waals surface area contributed by atoms with Crippen molar-refractivity contribution < 1.29 is 4.79 Å². The standard InChI is InChI=1S/C28H36N6O/c35-27(29-20-23-19-21-9-10-22(23)18-21)8-2-1-5-12-32-14-16-33(17-15-32)26-11-13-34-25-7-4-3-6-24(25)30-28(34)31-26/h3-4,6-7,9-11,13,21-23H,1-2,5,8,12,14-20H2,(H,29,35). The summed E-state index contributed by atoms with van der Waals surface area (Å²) in [6.07, 6.45) is 13.3. The lowest BCUT2D eigenvalue weighted by atomic mass is 9.93. The van der Waals surface area contributed by atoms with Crippen LogP contribution >= 0.6 is 0 Å². The molecule has 3 aromatic rings. The molecule has 35 heavy (non-hydrogen) atoms. The molecule has 2 aliphatic carbocycles. The fourth-order valence-corrected chi connectivity index (χ4v) is 6.18. The van der Waals surface area contributed by atoms with E-state index in [1.807, 2.05) is 18.2 Å². The Bertz CT molecular complexity index is 1210. The molecule has 184 valence electrons. The van der Waals surface area contributed by atoms with Crippen LogP contribution in [0.5, 0.6) is 0 Å². The van der Waals surface area contributed by atoms with Crippen molar-refractivity contribution in [3.05, 3.63) is 48.7 Å². The normalized spacial score (nSPS) is 24.1. The number of hydrogen-bond acceptors (Lipinski definition) is 5. The number of nitrogens with one attached hydrogen (secondary N) is 1. The molecule has 1 N–H and O–H groups in total. The number of benzene rings is 1. The molecule has 3 unspecified atom stereocenters. The van der Waals surface area contributed by atoms with E-state index in [2.05, 4.69) is 55.0 Å². The predicted octanol–water partition coefficient (Wildman–Crippen LogP) is 3.89. The van der Waals surface area contributed by atoms with Gasteiger partial charge < -0.3 is 10.2 Å². The van der Waals surface area contributed by atoms with Crippen LogP contribution in [0.4, 0.5) is 5.82 Å². The van der Waals surface area contributed by atoms with E-state index in [4.69, 9.17) is 4.98 Å². The molecule has 1 aromatic carbocycles. The number of nitrogens with zero attached hydrogens (tertiary/aromatic N) is 5. The van der Waals surface area contributed by atoms with E-state index in [1.54, 1.807) is 0 Å². The van der Waals surface area contributed by atoms with Crippen molar-refractivity contribution in [1.82, 2.24) is 24.6 Å². The van der Waals surface area contributed by atoms with Gasteiger partial charge in [0.1, 0.15) is 5.82 Å². The van der Waals surface area contributed by atoms with Gasteiger partial charge in [0, 0.05) is 45.3 Å².